The smallest absolute Gasteiger partial charge is 0.305 e. The number of carboxylic acids is 1. The van der Waals surface area contributed by atoms with E-state index in [1.54, 1.807) is 11.8 Å². The molecule has 0 amide bonds. The molecule has 1 atom stereocenters. The van der Waals surface area contributed by atoms with Crippen molar-refractivity contribution in [2.24, 2.45) is 0 Å². The molecule has 2 aromatic carbocycles. The Morgan fingerprint density at radius 1 is 1.23 bits per heavy atom. The molecule has 0 saturated carbocycles. The van der Waals surface area contributed by atoms with Crippen LogP contribution in [-0.4, -0.2) is 22.4 Å². The molecular formula is C19H21BrN2O2S2. The quantitative estimate of drug-likeness (QED) is 0.408. The maximum atomic E-state index is 11.3. The number of nitrogens with one attached hydrogen (secondary N) is 2. The number of halogens is 1. The van der Waals surface area contributed by atoms with Crippen molar-refractivity contribution < 1.29 is 9.90 Å². The third-order valence-electron chi connectivity index (χ3n) is 3.94. The van der Waals surface area contributed by atoms with E-state index in [-0.39, 0.29) is 6.42 Å². The van der Waals surface area contributed by atoms with Crippen LogP contribution in [0.5, 0.6) is 0 Å². The fourth-order valence-electron chi connectivity index (χ4n) is 2.68. The molecule has 3 N–H and O–H groups in total. The standard InChI is InChI=1S/C19H21BrN2O2S2/c1-11-8-14(20)9-12(2)18(11)22-19(25)21-16(10-17(23)24)13-4-6-15(26-3)7-5-13/h4-9,16H,10H2,1-3H3,(H,23,24)(H2,21,22,25). The van der Waals surface area contributed by atoms with Gasteiger partial charge in [-0.3, -0.25) is 4.79 Å². The monoisotopic (exact) mass is 452 g/mol. The predicted molar refractivity (Wildman–Crippen MR) is 116 cm³/mol. The summed E-state index contributed by atoms with van der Waals surface area (Å²) >= 11 is 10.6. The summed E-state index contributed by atoms with van der Waals surface area (Å²) in [5.41, 5.74) is 3.93. The molecule has 0 aliphatic heterocycles. The Hall–Kier alpha value is -1.57. The summed E-state index contributed by atoms with van der Waals surface area (Å²) in [6, 6.07) is 11.4. The van der Waals surface area contributed by atoms with Gasteiger partial charge < -0.3 is 15.7 Å². The predicted octanol–water partition coefficient (Wildman–Crippen LogP) is 5.29. The number of thioether (sulfide) groups is 1. The summed E-state index contributed by atoms with van der Waals surface area (Å²) in [5.74, 6) is -0.879. The number of carboxylic acid groups (broad SMARTS) is 1. The third-order valence-corrected chi connectivity index (χ3v) is 5.36. The van der Waals surface area contributed by atoms with E-state index in [1.807, 2.05) is 56.5 Å². The summed E-state index contributed by atoms with van der Waals surface area (Å²) in [6.45, 7) is 4.00. The van der Waals surface area contributed by atoms with Crippen molar-refractivity contribution in [2.75, 3.05) is 11.6 Å². The molecule has 0 fully saturated rings. The largest absolute Gasteiger partial charge is 0.481 e. The van der Waals surface area contributed by atoms with Gasteiger partial charge in [0.2, 0.25) is 0 Å². The van der Waals surface area contributed by atoms with Gasteiger partial charge in [-0.2, -0.15) is 0 Å². The van der Waals surface area contributed by atoms with E-state index in [9.17, 15) is 9.90 Å². The molecule has 26 heavy (non-hydrogen) atoms. The van der Waals surface area contributed by atoms with Crippen LogP contribution in [0.3, 0.4) is 0 Å². The Bertz CT molecular complexity index is 787. The number of thiocarbonyl (C=S) groups is 1. The minimum atomic E-state index is -0.879. The normalized spacial score (nSPS) is 11.7. The second-order valence-electron chi connectivity index (χ2n) is 5.94. The van der Waals surface area contributed by atoms with Gasteiger partial charge in [0.15, 0.2) is 5.11 Å². The molecule has 0 heterocycles. The average molecular weight is 453 g/mol. The highest BCUT2D eigenvalue weighted by molar-refractivity contribution is 9.10. The molecule has 2 rings (SSSR count). The summed E-state index contributed by atoms with van der Waals surface area (Å²) in [6.07, 6.45) is 1.95. The minimum Gasteiger partial charge on any atom is -0.481 e. The zero-order chi connectivity index (χ0) is 19.3. The Balaban J connectivity index is 2.17. The summed E-state index contributed by atoms with van der Waals surface area (Å²) in [4.78, 5) is 12.4. The van der Waals surface area contributed by atoms with Gasteiger partial charge in [0.05, 0.1) is 12.5 Å². The Kier molecular flexibility index (Phi) is 7.49. The second-order valence-corrected chi connectivity index (χ2v) is 8.14. The van der Waals surface area contributed by atoms with Crippen molar-refractivity contribution in [1.82, 2.24) is 5.32 Å². The number of rotatable bonds is 6. The molecule has 138 valence electrons. The Morgan fingerprint density at radius 3 is 2.31 bits per heavy atom. The molecule has 7 heteroatoms. The summed E-state index contributed by atoms with van der Waals surface area (Å²) < 4.78 is 1.01. The second kappa shape index (κ2) is 9.39. The summed E-state index contributed by atoms with van der Waals surface area (Å²) in [7, 11) is 0. The van der Waals surface area contributed by atoms with Gasteiger partial charge >= 0.3 is 5.97 Å². The van der Waals surface area contributed by atoms with Crippen LogP contribution in [0, 0.1) is 13.8 Å². The van der Waals surface area contributed by atoms with E-state index < -0.39 is 12.0 Å². The van der Waals surface area contributed by atoms with Crippen molar-refractivity contribution in [3.05, 3.63) is 57.6 Å². The molecule has 1 unspecified atom stereocenters. The lowest BCUT2D eigenvalue weighted by molar-refractivity contribution is -0.137. The maximum absolute atomic E-state index is 11.3. The van der Waals surface area contributed by atoms with Crippen LogP contribution in [0.25, 0.3) is 0 Å². The number of carbonyl (C=O) groups is 1. The number of hydrogen-bond donors (Lipinski definition) is 3. The topological polar surface area (TPSA) is 61.4 Å². The van der Waals surface area contributed by atoms with Gasteiger partial charge in [-0.25, -0.2) is 0 Å². The first kappa shape index (κ1) is 20.7. The van der Waals surface area contributed by atoms with Crippen molar-refractivity contribution in [1.29, 1.82) is 0 Å². The molecule has 0 aliphatic rings. The molecule has 4 nitrogen and oxygen atoms in total. The van der Waals surface area contributed by atoms with Crippen LogP contribution in [0.4, 0.5) is 5.69 Å². The van der Waals surface area contributed by atoms with E-state index in [0.29, 0.717) is 5.11 Å². The van der Waals surface area contributed by atoms with Crippen LogP contribution in [0.15, 0.2) is 45.8 Å². The minimum absolute atomic E-state index is 0.0568. The number of hydrogen-bond acceptors (Lipinski definition) is 3. The molecular weight excluding hydrogens is 432 g/mol. The number of anilines is 1. The first-order valence-electron chi connectivity index (χ1n) is 8.00. The van der Waals surface area contributed by atoms with Crippen molar-refractivity contribution in [2.45, 2.75) is 31.2 Å². The van der Waals surface area contributed by atoms with Crippen LogP contribution in [0.2, 0.25) is 0 Å². The molecule has 0 bridgehead atoms. The highest BCUT2D eigenvalue weighted by Gasteiger charge is 2.17. The van der Waals surface area contributed by atoms with Gasteiger partial charge in [-0.15, -0.1) is 11.8 Å². The molecule has 0 saturated heterocycles. The average Bonchev–Trinajstić information content (AvgIpc) is 2.57. The lowest BCUT2D eigenvalue weighted by Gasteiger charge is -2.21. The van der Waals surface area contributed by atoms with Crippen LogP contribution in [-0.2, 0) is 4.79 Å². The fraction of sp³-hybridized carbons (Fsp3) is 0.263. The van der Waals surface area contributed by atoms with E-state index in [4.69, 9.17) is 12.2 Å². The van der Waals surface area contributed by atoms with E-state index in [0.717, 1.165) is 31.7 Å². The fourth-order valence-corrected chi connectivity index (χ4v) is 4.02. The van der Waals surface area contributed by atoms with Gasteiger partial charge in [-0.1, -0.05) is 28.1 Å². The number of aliphatic carboxylic acids is 1. The summed E-state index contributed by atoms with van der Waals surface area (Å²) in [5, 5.41) is 16.0. The molecule has 0 aromatic heterocycles. The first-order chi connectivity index (χ1) is 12.3. The van der Waals surface area contributed by atoms with Crippen molar-refractivity contribution in [3.63, 3.8) is 0 Å². The third kappa shape index (κ3) is 5.72. The molecule has 0 aliphatic carbocycles. The van der Waals surface area contributed by atoms with Crippen LogP contribution in [0.1, 0.15) is 29.2 Å². The molecule has 0 radical (unpaired) electrons. The maximum Gasteiger partial charge on any atom is 0.305 e. The van der Waals surface area contributed by atoms with Crippen molar-refractivity contribution in [3.8, 4) is 0 Å². The van der Waals surface area contributed by atoms with Gasteiger partial charge in [0.25, 0.3) is 0 Å². The first-order valence-corrected chi connectivity index (χ1v) is 10.4. The lowest BCUT2D eigenvalue weighted by atomic mass is 10.0. The van der Waals surface area contributed by atoms with Crippen LogP contribution < -0.4 is 10.6 Å². The highest BCUT2D eigenvalue weighted by atomic mass is 79.9. The van der Waals surface area contributed by atoms with Crippen molar-refractivity contribution >= 4 is 56.7 Å². The molecule has 0 spiro atoms. The van der Waals surface area contributed by atoms with Gasteiger partial charge in [0, 0.05) is 15.1 Å². The molecule has 2 aromatic rings. The Labute approximate surface area is 171 Å². The number of aryl methyl sites for hydroxylation is 2. The van der Waals surface area contributed by atoms with Gasteiger partial charge in [-0.05, 0) is 73.3 Å². The highest BCUT2D eigenvalue weighted by Crippen LogP contribution is 2.26. The van der Waals surface area contributed by atoms with E-state index in [2.05, 4.69) is 26.6 Å². The Morgan fingerprint density at radius 2 is 1.81 bits per heavy atom. The SMILES string of the molecule is CSc1ccc(C(CC(=O)O)NC(=S)Nc2c(C)cc(Br)cc2C)cc1. The van der Waals surface area contributed by atoms with Gasteiger partial charge in [0.1, 0.15) is 0 Å². The lowest BCUT2D eigenvalue weighted by Crippen LogP contribution is -2.34. The van der Waals surface area contributed by atoms with E-state index >= 15 is 0 Å². The zero-order valence-corrected chi connectivity index (χ0v) is 18.0. The number of benzene rings is 2. The van der Waals surface area contributed by atoms with E-state index in [1.165, 1.54) is 0 Å². The zero-order valence-electron chi connectivity index (χ0n) is 14.8. The van der Waals surface area contributed by atoms with Crippen LogP contribution >= 0.6 is 39.9 Å².